The van der Waals surface area contributed by atoms with Gasteiger partial charge in [-0.05, 0) is 12.5 Å². The maximum Gasteiger partial charge on any atom is 0.412 e. The predicted octanol–water partition coefficient (Wildman–Crippen LogP) is 4.27. The van der Waals surface area contributed by atoms with Crippen LogP contribution in [0, 0.1) is 0 Å². The van der Waals surface area contributed by atoms with Crippen molar-refractivity contribution in [1.82, 2.24) is 9.55 Å². The van der Waals surface area contributed by atoms with Gasteiger partial charge in [-0.3, -0.25) is 9.88 Å². The number of amides is 1. The monoisotopic (exact) mass is 525 g/mol. The lowest BCUT2D eigenvalue weighted by Crippen LogP contribution is -2.36. The lowest BCUT2D eigenvalue weighted by molar-refractivity contribution is -0.0549. The van der Waals surface area contributed by atoms with Crippen molar-refractivity contribution >= 4 is 11.9 Å². The van der Waals surface area contributed by atoms with E-state index in [1.807, 2.05) is 0 Å². The number of aliphatic hydroxyl groups is 3. The Labute approximate surface area is 220 Å². The van der Waals surface area contributed by atoms with Gasteiger partial charge in [0.25, 0.3) is 0 Å². The van der Waals surface area contributed by atoms with E-state index < -0.39 is 42.9 Å². The summed E-state index contributed by atoms with van der Waals surface area (Å²) in [6, 6.07) is 1.37. The van der Waals surface area contributed by atoms with Gasteiger partial charge in [0.1, 0.15) is 24.1 Å². The van der Waals surface area contributed by atoms with Gasteiger partial charge in [-0.15, -0.1) is 0 Å². The first-order valence-electron chi connectivity index (χ1n) is 14.1. The molecule has 0 aromatic carbocycles. The molecule has 0 saturated carbocycles. The number of unbranched alkanes of at least 4 members (excludes halogenated alkanes) is 14. The van der Waals surface area contributed by atoms with Crippen molar-refractivity contribution in [1.29, 1.82) is 0 Å². The van der Waals surface area contributed by atoms with Crippen LogP contribution in [-0.2, 0) is 9.47 Å². The van der Waals surface area contributed by atoms with Gasteiger partial charge in [0.2, 0.25) is 0 Å². The SMILES string of the molecule is CCCCCCCCCCCCCCCCCOC(=O)Nc1ccn([C@@H]2O[C@H](CO)[C@@H](O)[C@@H]2O)c(=O)n1. The highest BCUT2D eigenvalue weighted by molar-refractivity contribution is 5.83. The van der Waals surface area contributed by atoms with Crippen LogP contribution in [0.1, 0.15) is 109 Å². The first kappa shape index (κ1) is 31.2. The Morgan fingerprint density at radius 3 is 1.97 bits per heavy atom. The van der Waals surface area contributed by atoms with E-state index in [0.29, 0.717) is 6.61 Å². The van der Waals surface area contributed by atoms with Gasteiger partial charge < -0.3 is 24.8 Å². The number of aliphatic hydroxyl groups excluding tert-OH is 3. The van der Waals surface area contributed by atoms with Gasteiger partial charge in [0, 0.05) is 6.20 Å². The summed E-state index contributed by atoms with van der Waals surface area (Å²) in [5, 5.41) is 31.5. The third-order valence-corrected chi connectivity index (χ3v) is 6.83. The second kappa shape index (κ2) is 18.3. The Morgan fingerprint density at radius 1 is 0.946 bits per heavy atom. The second-order valence-electron chi connectivity index (χ2n) is 9.94. The molecule has 37 heavy (non-hydrogen) atoms. The number of nitrogens with one attached hydrogen (secondary N) is 1. The fraction of sp³-hybridized carbons (Fsp3) is 0.815. The molecule has 4 N–H and O–H groups in total. The highest BCUT2D eigenvalue weighted by Gasteiger charge is 2.43. The summed E-state index contributed by atoms with van der Waals surface area (Å²) in [4.78, 5) is 28.0. The lowest BCUT2D eigenvalue weighted by Gasteiger charge is -2.17. The van der Waals surface area contributed by atoms with Crippen molar-refractivity contribution in [3.63, 3.8) is 0 Å². The van der Waals surface area contributed by atoms with Crippen molar-refractivity contribution in [2.45, 2.75) is 128 Å². The Balaban J connectivity index is 1.49. The van der Waals surface area contributed by atoms with E-state index in [-0.39, 0.29) is 5.82 Å². The highest BCUT2D eigenvalue weighted by Crippen LogP contribution is 2.28. The molecule has 2 heterocycles. The molecule has 1 aliphatic rings. The average Bonchev–Trinajstić information content (AvgIpc) is 3.17. The number of aromatic nitrogens is 2. The number of carbonyl (C=O) groups excluding carboxylic acids is 1. The summed E-state index contributed by atoms with van der Waals surface area (Å²) in [7, 11) is 0. The standard InChI is InChI=1S/C27H47N3O7/c1-2-3-4-5-6-7-8-9-10-11-12-13-14-15-16-19-36-27(35)29-22-17-18-30(26(34)28-22)25-24(33)23(32)21(20-31)37-25/h17-18,21,23-25,31-33H,2-16,19-20H2,1H3,(H,28,29,34,35)/t21-,23-,24+,25-/m1/s1. The number of rotatable bonds is 19. The van der Waals surface area contributed by atoms with Crippen molar-refractivity contribution in [2.75, 3.05) is 18.5 Å². The van der Waals surface area contributed by atoms with Crippen molar-refractivity contribution < 1.29 is 29.6 Å². The molecule has 2 rings (SSSR count). The molecule has 1 amide bonds. The zero-order chi connectivity index (χ0) is 26.9. The molecule has 1 aromatic heterocycles. The third-order valence-electron chi connectivity index (χ3n) is 6.83. The first-order chi connectivity index (χ1) is 18.0. The maximum absolute atomic E-state index is 12.3. The topological polar surface area (TPSA) is 143 Å². The van der Waals surface area contributed by atoms with Crippen LogP contribution in [0.2, 0.25) is 0 Å². The van der Waals surface area contributed by atoms with Gasteiger partial charge in [0.05, 0.1) is 13.2 Å². The molecular formula is C27H47N3O7. The summed E-state index contributed by atoms with van der Waals surface area (Å²) in [5.74, 6) is 0.00878. The number of hydrogen-bond acceptors (Lipinski definition) is 8. The molecule has 1 fully saturated rings. The molecule has 10 heteroatoms. The Bertz CT molecular complexity index is 819. The molecule has 0 bridgehead atoms. The van der Waals surface area contributed by atoms with Crippen LogP contribution >= 0.6 is 0 Å². The summed E-state index contributed by atoms with van der Waals surface area (Å²) in [6.07, 6.45) is 14.7. The van der Waals surface area contributed by atoms with Crippen LogP contribution < -0.4 is 11.0 Å². The smallest absolute Gasteiger partial charge is 0.412 e. The maximum atomic E-state index is 12.3. The van der Waals surface area contributed by atoms with Gasteiger partial charge >= 0.3 is 11.8 Å². The van der Waals surface area contributed by atoms with Crippen LogP contribution in [0.15, 0.2) is 17.1 Å². The van der Waals surface area contributed by atoms with Crippen molar-refractivity contribution in [3.05, 3.63) is 22.7 Å². The summed E-state index contributed by atoms with van der Waals surface area (Å²) in [6.45, 7) is 2.05. The van der Waals surface area contributed by atoms with Crippen LogP contribution in [0.5, 0.6) is 0 Å². The van der Waals surface area contributed by atoms with Crippen molar-refractivity contribution in [2.24, 2.45) is 0 Å². The molecule has 0 spiro atoms. The van der Waals surface area contributed by atoms with Gasteiger partial charge in [0.15, 0.2) is 6.23 Å². The average molecular weight is 526 g/mol. The Morgan fingerprint density at radius 2 is 1.49 bits per heavy atom. The third kappa shape index (κ3) is 11.5. The van der Waals surface area contributed by atoms with Gasteiger partial charge in [-0.1, -0.05) is 96.8 Å². The fourth-order valence-corrected chi connectivity index (χ4v) is 4.56. The van der Waals surface area contributed by atoms with E-state index in [2.05, 4.69) is 17.2 Å². The fourth-order valence-electron chi connectivity index (χ4n) is 4.56. The van der Waals surface area contributed by atoms with Crippen LogP contribution in [0.4, 0.5) is 10.6 Å². The minimum Gasteiger partial charge on any atom is -0.449 e. The quantitative estimate of drug-likeness (QED) is 0.196. The number of carbonyl (C=O) groups is 1. The number of hydrogen-bond donors (Lipinski definition) is 4. The van der Waals surface area contributed by atoms with Gasteiger partial charge in [-0.2, -0.15) is 4.98 Å². The molecule has 0 unspecified atom stereocenters. The number of anilines is 1. The first-order valence-corrected chi connectivity index (χ1v) is 14.1. The molecule has 0 radical (unpaired) electrons. The molecule has 10 nitrogen and oxygen atoms in total. The Kier molecular flexibility index (Phi) is 15.4. The van der Waals surface area contributed by atoms with Gasteiger partial charge in [-0.25, -0.2) is 9.59 Å². The normalized spacial score (nSPS) is 21.3. The minimum atomic E-state index is -1.39. The minimum absolute atomic E-state index is 0.00878. The lowest BCUT2D eigenvalue weighted by atomic mass is 10.0. The zero-order valence-electron chi connectivity index (χ0n) is 22.4. The van der Waals surface area contributed by atoms with Crippen LogP contribution in [-0.4, -0.2) is 62.5 Å². The van der Waals surface area contributed by atoms with Crippen LogP contribution in [0.3, 0.4) is 0 Å². The summed E-state index contributed by atoms with van der Waals surface area (Å²) >= 11 is 0. The van der Waals surface area contributed by atoms with Crippen molar-refractivity contribution in [3.8, 4) is 0 Å². The largest absolute Gasteiger partial charge is 0.449 e. The molecule has 0 aliphatic carbocycles. The Hall–Kier alpha value is -2.01. The molecular weight excluding hydrogens is 478 g/mol. The van der Waals surface area contributed by atoms with E-state index in [0.717, 1.165) is 23.8 Å². The summed E-state index contributed by atoms with van der Waals surface area (Å²) < 4.78 is 11.5. The summed E-state index contributed by atoms with van der Waals surface area (Å²) in [5.41, 5.74) is -0.782. The van der Waals surface area contributed by atoms with E-state index in [1.54, 1.807) is 0 Å². The number of ether oxygens (including phenoxy) is 2. The zero-order valence-corrected chi connectivity index (χ0v) is 22.4. The van der Waals surface area contributed by atoms with E-state index in [1.165, 1.54) is 89.3 Å². The highest BCUT2D eigenvalue weighted by atomic mass is 16.6. The molecule has 1 saturated heterocycles. The molecule has 212 valence electrons. The molecule has 4 atom stereocenters. The van der Waals surface area contributed by atoms with E-state index >= 15 is 0 Å². The van der Waals surface area contributed by atoms with E-state index in [4.69, 9.17) is 9.47 Å². The van der Waals surface area contributed by atoms with E-state index in [9.17, 15) is 24.9 Å². The molecule has 1 aliphatic heterocycles. The van der Waals surface area contributed by atoms with Crippen LogP contribution in [0.25, 0.3) is 0 Å². The predicted molar refractivity (Wildman–Crippen MR) is 141 cm³/mol. The molecule has 1 aromatic rings. The number of nitrogens with zero attached hydrogens (tertiary/aromatic N) is 2. The second-order valence-corrected chi connectivity index (χ2v) is 9.94.